The lowest BCUT2D eigenvalue weighted by Gasteiger charge is -2.16. The maximum Gasteiger partial charge on any atom is 0.157 e. The molecule has 0 aromatic carbocycles. The van der Waals surface area contributed by atoms with Crippen LogP contribution >= 0.6 is 0 Å². The fourth-order valence-corrected chi connectivity index (χ4v) is 1.10. The Morgan fingerprint density at radius 1 is 1.23 bits per heavy atom. The van der Waals surface area contributed by atoms with Crippen molar-refractivity contribution in [2.75, 3.05) is 13.2 Å². The highest BCUT2D eigenvalue weighted by Gasteiger charge is 2.07. The highest BCUT2D eigenvalue weighted by atomic mass is 16.7. The van der Waals surface area contributed by atoms with Crippen LogP contribution in [0.2, 0.25) is 0 Å². The number of ether oxygens (including phenoxy) is 2. The number of ketones is 1. The Kier molecular flexibility index (Phi) is 7.94. The van der Waals surface area contributed by atoms with Crippen LogP contribution in [-0.4, -0.2) is 25.3 Å². The number of carbonyl (C=O) groups is 1. The second-order valence-electron chi connectivity index (χ2n) is 2.93. The van der Waals surface area contributed by atoms with Gasteiger partial charge in [-0.05, 0) is 33.6 Å². The molecule has 0 aliphatic heterocycles. The molecule has 0 spiro atoms. The minimum Gasteiger partial charge on any atom is -0.353 e. The zero-order valence-corrected chi connectivity index (χ0v) is 8.84. The molecule has 0 radical (unpaired) electrons. The van der Waals surface area contributed by atoms with E-state index in [1.165, 1.54) is 0 Å². The number of carbonyl (C=O) groups excluding carboxylic acids is 1. The van der Waals surface area contributed by atoms with E-state index in [2.05, 4.69) is 0 Å². The van der Waals surface area contributed by atoms with Gasteiger partial charge in [-0.3, -0.25) is 0 Å². The number of Topliss-reactive ketones (excluding diaryl/α,β-unsaturated/α-hetero) is 1. The van der Waals surface area contributed by atoms with Gasteiger partial charge in [0.1, 0.15) is 5.78 Å². The highest BCUT2D eigenvalue weighted by molar-refractivity contribution is 5.75. The summed E-state index contributed by atoms with van der Waals surface area (Å²) < 4.78 is 10.7. The monoisotopic (exact) mass is 188 g/mol. The van der Waals surface area contributed by atoms with E-state index < -0.39 is 0 Å². The molecule has 78 valence electrons. The van der Waals surface area contributed by atoms with Crippen molar-refractivity contribution in [1.29, 1.82) is 0 Å². The lowest BCUT2D eigenvalue weighted by Crippen LogP contribution is -2.17. The van der Waals surface area contributed by atoms with E-state index >= 15 is 0 Å². The average Bonchev–Trinajstić information content (AvgIpc) is 2.04. The van der Waals surface area contributed by atoms with Crippen molar-refractivity contribution in [3.8, 4) is 0 Å². The summed E-state index contributed by atoms with van der Waals surface area (Å²) in [7, 11) is 0. The van der Waals surface area contributed by atoms with Gasteiger partial charge in [0.2, 0.25) is 0 Å². The number of rotatable bonds is 8. The molecule has 0 N–H and O–H groups in total. The van der Waals surface area contributed by atoms with Gasteiger partial charge in [-0.15, -0.1) is 0 Å². The summed E-state index contributed by atoms with van der Waals surface area (Å²) >= 11 is 0. The molecule has 3 heteroatoms. The standard InChI is InChI=1S/C10H20O3/c1-4-12-10(13-5-2)8-6-7-9(3)11/h10H,4-8H2,1-3H3. The summed E-state index contributed by atoms with van der Waals surface area (Å²) in [5.74, 6) is 0.228. The Bertz CT molecular complexity index is 128. The van der Waals surface area contributed by atoms with E-state index in [1.807, 2.05) is 13.8 Å². The van der Waals surface area contributed by atoms with Gasteiger partial charge in [0.15, 0.2) is 6.29 Å². The fourth-order valence-electron chi connectivity index (χ4n) is 1.10. The Labute approximate surface area is 80.4 Å². The zero-order valence-electron chi connectivity index (χ0n) is 8.84. The van der Waals surface area contributed by atoms with Gasteiger partial charge in [0.05, 0.1) is 0 Å². The summed E-state index contributed by atoms with van der Waals surface area (Å²) in [6.07, 6.45) is 2.15. The Morgan fingerprint density at radius 2 is 1.77 bits per heavy atom. The molecule has 0 unspecified atom stereocenters. The maximum absolute atomic E-state index is 10.7. The van der Waals surface area contributed by atoms with Crippen molar-refractivity contribution in [2.24, 2.45) is 0 Å². The third-order valence-electron chi connectivity index (χ3n) is 1.67. The smallest absolute Gasteiger partial charge is 0.157 e. The summed E-state index contributed by atoms with van der Waals surface area (Å²) in [5, 5.41) is 0. The minimum atomic E-state index is -0.130. The molecule has 0 bridgehead atoms. The van der Waals surface area contributed by atoms with E-state index in [9.17, 15) is 4.79 Å². The van der Waals surface area contributed by atoms with Crippen LogP contribution in [0.15, 0.2) is 0 Å². The van der Waals surface area contributed by atoms with Crippen LogP contribution in [0.25, 0.3) is 0 Å². The summed E-state index contributed by atoms with van der Waals surface area (Å²) in [5.41, 5.74) is 0. The molecule has 0 aliphatic rings. The van der Waals surface area contributed by atoms with Gasteiger partial charge in [-0.2, -0.15) is 0 Å². The predicted molar refractivity (Wildman–Crippen MR) is 51.6 cm³/mol. The van der Waals surface area contributed by atoms with Crippen LogP contribution in [0.5, 0.6) is 0 Å². The minimum absolute atomic E-state index is 0.130. The second kappa shape index (κ2) is 8.20. The third kappa shape index (κ3) is 7.94. The maximum atomic E-state index is 10.7. The quantitative estimate of drug-likeness (QED) is 0.547. The van der Waals surface area contributed by atoms with Crippen LogP contribution < -0.4 is 0 Å². The van der Waals surface area contributed by atoms with E-state index in [1.54, 1.807) is 6.92 Å². The average molecular weight is 188 g/mol. The van der Waals surface area contributed by atoms with Crippen LogP contribution in [0.4, 0.5) is 0 Å². The zero-order chi connectivity index (χ0) is 10.1. The van der Waals surface area contributed by atoms with Gasteiger partial charge in [-0.1, -0.05) is 0 Å². The van der Waals surface area contributed by atoms with Crippen molar-refractivity contribution in [3.63, 3.8) is 0 Å². The lowest BCUT2D eigenvalue weighted by atomic mass is 10.2. The molecule has 3 nitrogen and oxygen atoms in total. The van der Waals surface area contributed by atoms with Gasteiger partial charge in [-0.25, -0.2) is 0 Å². The lowest BCUT2D eigenvalue weighted by molar-refractivity contribution is -0.140. The van der Waals surface area contributed by atoms with E-state index in [-0.39, 0.29) is 12.1 Å². The Morgan fingerprint density at radius 3 is 2.15 bits per heavy atom. The first kappa shape index (κ1) is 12.6. The molecule has 0 aromatic heterocycles. The van der Waals surface area contributed by atoms with Crippen molar-refractivity contribution >= 4 is 5.78 Å². The molecule has 0 fully saturated rings. The topological polar surface area (TPSA) is 35.5 Å². The number of hydrogen-bond donors (Lipinski definition) is 0. The van der Waals surface area contributed by atoms with Crippen molar-refractivity contribution in [2.45, 2.75) is 46.3 Å². The molecule has 0 atom stereocenters. The molecular formula is C10H20O3. The normalized spacial score (nSPS) is 10.8. The SMILES string of the molecule is CCOC(CCCC(C)=O)OCC. The first-order chi connectivity index (χ1) is 6.20. The first-order valence-electron chi connectivity index (χ1n) is 4.93. The van der Waals surface area contributed by atoms with Crippen molar-refractivity contribution in [3.05, 3.63) is 0 Å². The van der Waals surface area contributed by atoms with Crippen molar-refractivity contribution < 1.29 is 14.3 Å². The Balaban J connectivity index is 3.49. The van der Waals surface area contributed by atoms with Crippen LogP contribution in [-0.2, 0) is 14.3 Å². The van der Waals surface area contributed by atoms with Crippen LogP contribution in [0, 0.1) is 0 Å². The summed E-state index contributed by atoms with van der Waals surface area (Å²) in [6.45, 7) is 6.81. The molecule has 0 amide bonds. The molecule has 0 heterocycles. The molecule has 0 saturated heterocycles. The first-order valence-corrected chi connectivity index (χ1v) is 4.93. The van der Waals surface area contributed by atoms with Gasteiger partial charge >= 0.3 is 0 Å². The van der Waals surface area contributed by atoms with Crippen LogP contribution in [0.1, 0.15) is 40.0 Å². The van der Waals surface area contributed by atoms with Crippen LogP contribution in [0.3, 0.4) is 0 Å². The summed E-state index contributed by atoms with van der Waals surface area (Å²) in [4.78, 5) is 10.7. The predicted octanol–water partition coefficient (Wildman–Crippen LogP) is 2.14. The fraction of sp³-hybridized carbons (Fsp3) is 0.900. The van der Waals surface area contributed by atoms with Gasteiger partial charge in [0, 0.05) is 19.6 Å². The molecule has 13 heavy (non-hydrogen) atoms. The second-order valence-corrected chi connectivity index (χ2v) is 2.93. The number of hydrogen-bond acceptors (Lipinski definition) is 3. The molecular weight excluding hydrogens is 168 g/mol. The molecule has 0 saturated carbocycles. The molecule has 0 rings (SSSR count). The molecule has 0 aliphatic carbocycles. The van der Waals surface area contributed by atoms with E-state index in [0.717, 1.165) is 12.8 Å². The Hall–Kier alpha value is -0.410. The molecule has 0 aromatic rings. The van der Waals surface area contributed by atoms with E-state index in [0.29, 0.717) is 19.6 Å². The largest absolute Gasteiger partial charge is 0.353 e. The summed E-state index contributed by atoms with van der Waals surface area (Å²) in [6, 6.07) is 0. The van der Waals surface area contributed by atoms with Gasteiger partial charge in [0.25, 0.3) is 0 Å². The highest BCUT2D eigenvalue weighted by Crippen LogP contribution is 2.06. The third-order valence-corrected chi connectivity index (χ3v) is 1.67. The van der Waals surface area contributed by atoms with E-state index in [4.69, 9.17) is 9.47 Å². The van der Waals surface area contributed by atoms with Crippen molar-refractivity contribution in [1.82, 2.24) is 0 Å². The van der Waals surface area contributed by atoms with Gasteiger partial charge < -0.3 is 14.3 Å².